The van der Waals surface area contributed by atoms with Crippen LogP contribution in [0.4, 0.5) is 5.13 Å². The number of nitrogens with zero attached hydrogens (tertiary/aromatic N) is 1. The van der Waals surface area contributed by atoms with Gasteiger partial charge in [-0.3, -0.25) is 0 Å². The molecule has 4 rings (SSSR count). The minimum atomic E-state index is -4.94. The highest BCUT2D eigenvalue weighted by Crippen LogP contribution is 2.23. The van der Waals surface area contributed by atoms with Crippen LogP contribution in [-0.2, 0) is 4.74 Å². The van der Waals surface area contributed by atoms with Crippen molar-refractivity contribution in [3.05, 3.63) is 75.6 Å². The van der Waals surface area contributed by atoms with E-state index in [1.54, 1.807) is 6.92 Å². The van der Waals surface area contributed by atoms with Crippen LogP contribution < -0.4 is 29.0 Å². The molecule has 0 radical (unpaired) electrons. The van der Waals surface area contributed by atoms with Crippen LogP contribution in [0.1, 0.15) is 33.4 Å². The second-order valence-electron chi connectivity index (χ2n) is 7.55. The predicted octanol–water partition coefficient (Wildman–Crippen LogP) is -0.785. The zero-order valence-electron chi connectivity index (χ0n) is 19.4. The normalized spacial score (nSPS) is 11.8. The third-order valence-corrected chi connectivity index (χ3v) is 5.81. The van der Waals surface area contributed by atoms with Gasteiger partial charge in [-0.05, 0) is 49.2 Å². The fourth-order valence-corrected chi connectivity index (χ4v) is 4.09. The van der Waals surface area contributed by atoms with Gasteiger partial charge in [0.1, 0.15) is 16.7 Å². The third-order valence-electron chi connectivity index (χ3n) is 4.76. The Morgan fingerprint density at radius 1 is 1.03 bits per heavy atom. The first-order chi connectivity index (χ1) is 16.4. The summed E-state index contributed by atoms with van der Waals surface area (Å²) >= 11 is 1.29. The topological polar surface area (TPSA) is 159 Å². The molecule has 1 N–H and O–H groups in total. The predicted molar refractivity (Wildman–Crippen MR) is 118 cm³/mol. The number of fused-ring (bicyclic) bond motifs is 1. The molecule has 0 aliphatic carbocycles. The zero-order chi connectivity index (χ0) is 25.8. The minimum Gasteiger partial charge on any atom is -0.462 e. The van der Waals surface area contributed by atoms with E-state index in [1.165, 1.54) is 16.9 Å². The molecule has 0 spiro atoms. The van der Waals surface area contributed by atoms with Crippen LogP contribution >= 0.6 is 11.3 Å². The van der Waals surface area contributed by atoms with Crippen LogP contribution in [0.15, 0.2) is 52.9 Å². The fraction of sp³-hybridized carbons (Fsp3) is 0.208. The molecule has 4 aromatic rings. The number of esters is 1. The van der Waals surface area contributed by atoms with Crippen LogP contribution in [-0.4, -0.2) is 17.6 Å². The Bertz CT molecular complexity index is 1400. The number of carbonyl (C=O) groups excluding carboxylic acids is 1. The summed E-state index contributed by atoms with van der Waals surface area (Å²) in [6.45, 7) is 8.05. The first kappa shape index (κ1) is 26.5. The third kappa shape index (κ3) is 7.43. The molecular weight excluding hydrogens is 496 g/mol. The molecule has 35 heavy (non-hydrogen) atoms. The smallest absolute Gasteiger partial charge is 0.381 e. The maximum atomic E-state index is 12.2. The second kappa shape index (κ2) is 11.1. The SMILES string of the molecule is CCOC(=O)c1sc(/[NH+]=c2\cc(-c3ccc(C)cc3)oc3ccc(C)cc23)nc1C.[O-][Cl+3]([O-])([O-])[O-]. The van der Waals surface area contributed by atoms with E-state index < -0.39 is 10.2 Å². The van der Waals surface area contributed by atoms with E-state index >= 15 is 0 Å². The van der Waals surface area contributed by atoms with Crippen molar-refractivity contribution in [1.29, 1.82) is 0 Å². The number of nitrogens with one attached hydrogen (secondary N) is 1. The molecule has 2 aromatic heterocycles. The van der Waals surface area contributed by atoms with Crippen LogP contribution in [0.5, 0.6) is 0 Å². The average molecular weight is 519 g/mol. The summed E-state index contributed by atoms with van der Waals surface area (Å²) in [5, 5.41) is 2.47. The van der Waals surface area contributed by atoms with Gasteiger partial charge in [-0.1, -0.05) is 41.5 Å². The van der Waals surface area contributed by atoms with E-state index in [1.807, 2.05) is 44.2 Å². The van der Waals surface area contributed by atoms with Crippen molar-refractivity contribution in [2.24, 2.45) is 0 Å². The number of benzene rings is 2. The number of aromatic nitrogens is 1. The minimum absolute atomic E-state index is 0.336. The molecule has 9 nitrogen and oxygen atoms in total. The van der Waals surface area contributed by atoms with Crippen molar-refractivity contribution in [1.82, 2.24) is 4.98 Å². The molecule has 0 fully saturated rings. The summed E-state index contributed by atoms with van der Waals surface area (Å²) < 4.78 is 45.3. The number of halogens is 1. The Balaban J connectivity index is 0.000000623. The van der Waals surface area contributed by atoms with E-state index in [0.29, 0.717) is 22.3 Å². The largest absolute Gasteiger partial charge is 0.462 e. The van der Waals surface area contributed by atoms with Crippen LogP contribution in [0, 0.1) is 31.0 Å². The van der Waals surface area contributed by atoms with E-state index in [0.717, 1.165) is 33.2 Å². The first-order valence-electron chi connectivity index (χ1n) is 10.4. The molecular formula is C24H23ClN2O7S. The quantitative estimate of drug-likeness (QED) is 0.344. The lowest BCUT2D eigenvalue weighted by molar-refractivity contribution is -2.00. The number of ether oxygens (including phenoxy) is 1. The van der Waals surface area contributed by atoms with E-state index in [-0.39, 0.29) is 5.97 Å². The van der Waals surface area contributed by atoms with Gasteiger partial charge in [0.15, 0.2) is 10.6 Å². The maximum absolute atomic E-state index is 12.2. The van der Waals surface area contributed by atoms with Crippen molar-refractivity contribution < 1.29 is 47.8 Å². The Morgan fingerprint density at radius 3 is 2.29 bits per heavy atom. The number of thiazole rings is 1. The molecule has 0 saturated heterocycles. The number of hydrogen-bond donors (Lipinski definition) is 1. The lowest BCUT2D eigenvalue weighted by Crippen LogP contribution is -2.70. The van der Waals surface area contributed by atoms with Crippen molar-refractivity contribution in [2.45, 2.75) is 27.7 Å². The van der Waals surface area contributed by atoms with Gasteiger partial charge < -0.3 is 9.15 Å². The van der Waals surface area contributed by atoms with Gasteiger partial charge in [0.25, 0.3) is 0 Å². The molecule has 2 aromatic carbocycles. The molecule has 0 unspecified atom stereocenters. The van der Waals surface area contributed by atoms with Crippen molar-refractivity contribution in [3.8, 4) is 11.3 Å². The summed E-state index contributed by atoms with van der Waals surface area (Å²) in [6, 6.07) is 16.3. The maximum Gasteiger partial charge on any atom is 0.381 e. The van der Waals surface area contributed by atoms with Gasteiger partial charge in [-0.15, -0.1) is 10.2 Å². The van der Waals surface area contributed by atoms with Crippen LogP contribution in [0.25, 0.3) is 22.3 Å². The first-order valence-corrected chi connectivity index (χ1v) is 12.5. The molecule has 0 amide bonds. The highest BCUT2D eigenvalue weighted by atomic mass is 35.7. The van der Waals surface area contributed by atoms with E-state index in [9.17, 15) is 4.79 Å². The van der Waals surface area contributed by atoms with Crippen molar-refractivity contribution in [3.63, 3.8) is 0 Å². The molecule has 0 aliphatic rings. The van der Waals surface area contributed by atoms with Gasteiger partial charge in [0, 0.05) is 18.6 Å². The highest BCUT2D eigenvalue weighted by Gasteiger charge is 2.22. The lowest BCUT2D eigenvalue weighted by Gasteiger charge is -2.17. The van der Waals surface area contributed by atoms with Crippen LogP contribution in [0.2, 0.25) is 0 Å². The van der Waals surface area contributed by atoms with E-state index in [4.69, 9.17) is 27.8 Å². The lowest BCUT2D eigenvalue weighted by atomic mass is 10.1. The summed E-state index contributed by atoms with van der Waals surface area (Å²) in [4.78, 5) is 20.6. The molecule has 11 heteroatoms. The molecule has 0 atom stereocenters. The van der Waals surface area contributed by atoms with E-state index in [2.05, 4.69) is 35.1 Å². The monoisotopic (exact) mass is 518 g/mol. The van der Waals surface area contributed by atoms with Gasteiger partial charge in [-0.25, -0.2) is 28.4 Å². The Hall–Kier alpha value is -3.12. The van der Waals surface area contributed by atoms with Crippen LogP contribution in [0.3, 0.4) is 0 Å². The number of aryl methyl sites for hydroxylation is 3. The van der Waals surface area contributed by atoms with Gasteiger partial charge >= 0.3 is 11.1 Å². The summed E-state index contributed by atoms with van der Waals surface area (Å²) in [5.74, 6) is 0.414. The Morgan fingerprint density at radius 2 is 1.66 bits per heavy atom. The molecule has 2 heterocycles. The standard InChI is InChI=1S/C24H22N2O3S.ClHO4/c1-5-28-23(27)22-16(4)25-24(30-22)26-19-13-21(17-9-6-14(2)7-10-17)29-20-11-8-15(3)12-18(19)20;2-1(3,4)5/h6-13H,5H2,1-4H3;(H,2,3,4,5)/b26-19+;. The fourth-order valence-electron chi connectivity index (χ4n) is 3.21. The van der Waals surface area contributed by atoms with Gasteiger partial charge in [-0.2, -0.15) is 0 Å². The van der Waals surface area contributed by atoms with Crippen molar-refractivity contribution in [2.75, 3.05) is 6.61 Å². The summed E-state index contributed by atoms with van der Waals surface area (Å²) in [7, 11) is -4.94. The highest BCUT2D eigenvalue weighted by molar-refractivity contribution is 7.16. The van der Waals surface area contributed by atoms with Crippen molar-refractivity contribution >= 4 is 33.4 Å². The Kier molecular flexibility index (Phi) is 8.39. The Labute approximate surface area is 207 Å². The molecule has 0 saturated carbocycles. The molecule has 0 bridgehead atoms. The number of hydrogen-bond acceptors (Lipinski definition) is 9. The van der Waals surface area contributed by atoms with Gasteiger partial charge in [0.05, 0.1) is 12.0 Å². The number of carbonyl (C=O) groups is 1. The summed E-state index contributed by atoms with van der Waals surface area (Å²) in [5.41, 5.74) is 4.75. The number of rotatable bonds is 4. The van der Waals surface area contributed by atoms with Gasteiger partial charge in [0.2, 0.25) is 0 Å². The average Bonchev–Trinajstić information content (AvgIpc) is 3.13. The summed E-state index contributed by atoms with van der Waals surface area (Å²) in [6.07, 6.45) is 0. The zero-order valence-corrected chi connectivity index (χ0v) is 21.0. The molecule has 184 valence electrons. The second-order valence-corrected chi connectivity index (χ2v) is 9.30. The molecule has 0 aliphatic heterocycles.